The predicted molar refractivity (Wildman–Crippen MR) is 241 cm³/mol. The molecule has 1 aliphatic rings. The summed E-state index contributed by atoms with van der Waals surface area (Å²) in [6.07, 6.45) is 3.01. The molecule has 8 aromatic carbocycles. The standard InChI is InChI=1S/C54H43N3/c1-35-33-46(38-29-31-43-42-24-13-15-28-49(42)57(50(43)34-38)39-20-8-5-9-21-39)40-22-10-11-25-44(40)51(35)48(56-53(55)37-17-6-4-7-18-37)32-30-36-19-16-26-45-41-23-12-14-27-47(41)54(2,3)52(36)45/h4-29,31-34H,30H2,1-3H3,(H2,55,56)/b48-32-. The van der Waals surface area contributed by atoms with E-state index in [1.54, 1.807) is 0 Å². The van der Waals surface area contributed by atoms with Crippen molar-refractivity contribution in [1.82, 2.24) is 4.57 Å². The second-order valence-corrected chi connectivity index (χ2v) is 15.7. The summed E-state index contributed by atoms with van der Waals surface area (Å²) in [6.45, 7) is 6.92. The van der Waals surface area contributed by atoms with Crippen molar-refractivity contribution in [3.8, 4) is 27.9 Å². The van der Waals surface area contributed by atoms with Gasteiger partial charge in [0.1, 0.15) is 5.84 Å². The summed E-state index contributed by atoms with van der Waals surface area (Å²) in [4.78, 5) is 5.28. The molecule has 0 aliphatic heterocycles. The molecule has 9 aromatic rings. The minimum atomic E-state index is -0.111. The van der Waals surface area contributed by atoms with Gasteiger partial charge in [-0.05, 0) is 92.9 Å². The molecule has 3 heteroatoms. The Kier molecular flexibility index (Phi) is 8.27. The average Bonchev–Trinajstić information content (AvgIpc) is 3.71. The number of allylic oxidation sites excluding steroid dienone is 1. The lowest BCUT2D eigenvalue weighted by molar-refractivity contribution is 0.653. The van der Waals surface area contributed by atoms with Gasteiger partial charge in [-0.3, -0.25) is 0 Å². The molecule has 0 bridgehead atoms. The van der Waals surface area contributed by atoms with Crippen LogP contribution in [0.3, 0.4) is 0 Å². The molecule has 3 nitrogen and oxygen atoms in total. The third-order valence-corrected chi connectivity index (χ3v) is 12.0. The molecule has 10 rings (SSSR count). The highest BCUT2D eigenvalue weighted by molar-refractivity contribution is 6.12. The zero-order valence-corrected chi connectivity index (χ0v) is 32.5. The fourth-order valence-electron chi connectivity index (χ4n) is 9.43. The van der Waals surface area contributed by atoms with Crippen molar-refractivity contribution in [1.29, 1.82) is 0 Å². The molecule has 0 amide bonds. The molecule has 1 aliphatic carbocycles. The number of benzene rings is 8. The van der Waals surface area contributed by atoms with E-state index < -0.39 is 0 Å². The lowest BCUT2D eigenvalue weighted by Gasteiger charge is -2.24. The molecule has 2 N–H and O–H groups in total. The molecule has 1 aromatic heterocycles. The van der Waals surface area contributed by atoms with Crippen LogP contribution in [0.5, 0.6) is 0 Å². The number of aryl methyl sites for hydroxylation is 1. The first-order valence-corrected chi connectivity index (χ1v) is 19.8. The summed E-state index contributed by atoms with van der Waals surface area (Å²) in [6, 6.07) is 63.1. The number of aromatic nitrogens is 1. The van der Waals surface area contributed by atoms with E-state index in [1.807, 2.05) is 30.3 Å². The SMILES string of the molecule is Cc1cc(-c2ccc3c4ccccc4n(-c4ccccc4)c3c2)c2ccccc2c1/C(=C/Cc1cccc2c1C(C)(C)c1ccccc1-2)N=C(N)c1ccccc1. The Hall–Kier alpha value is -6.97. The van der Waals surface area contributed by atoms with Crippen LogP contribution in [0.15, 0.2) is 187 Å². The van der Waals surface area contributed by atoms with E-state index in [9.17, 15) is 0 Å². The molecule has 0 radical (unpaired) electrons. The topological polar surface area (TPSA) is 43.3 Å². The first kappa shape index (κ1) is 34.5. The first-order chi connectivity index (χ1) is 27.9. The molecular formula is C54H43N3. The fourth-order valence-corrected chi connectivity index (χ4v) is 9.43. The lowest BCUT2D eigenvalue weighted by atomic mass is 9.79. The molecule has 0 spiro atoms. The number of hydrogen-bond acceptors (Lipinski definition) is 1. The van der Waals surface area contributed by atoms with Crippen LogP contribution < -0.4 is 5.73 Å². The number of para-hydroxylation sites is 2. The third-order valence-electron chi connectivity index (χ3n) is 12.0. The van der Waals surface area contributed by atoms with Gasteiger partial charge in [0.2, 0.25) is 0 Å². The molecule has 57 heavy (non-hydrogen) atoms. The van der Waals surface area contributed by atoms with Gasteiger partial charge >= 0.3 is 0 Å². The van der Waals surface area contributed by atoms with Gasteiger partial charge in [0.25, 0.3) is 0 Å². The Morgan fingerprint density at radius 2 is 1.25 bits per heavy atom. The maximum Gasteiger partial charge on any atom is 0.131 e. The van der Waals surface area contributed by atoms with Gasteiger partial charge in [-0.1, -0.05) is 172 Å². The summed E-state index contributed by atoms with van der Waals surface area (Å²) in [5.74, 6) is 0.500. The monoisotopic (exact) mass is 733 g/mol. The average molecular weight is 734 g/mol. The molecule has 0 fully saturated rings. The number of nitrogens with zero attached hydrogens (tertiary/aromatic N) is 2. The highest BCUT2D eigenvalue weighted by atomic mass is 15.0. The van der Waals surface area contributed by atoms with Gasteiger partial charge < -0.3 is 10.3 Å². The van der Waals surface area contributed by atoms with Gasteiger partial charge in [-0.15, -0.1) is 0 Å². The summed E-state index contributed by atoms with van der Waals surface area (Å²) in [5, 5.41) is 4.82. The van der Waals surface area contributed by atoms with Crippen molar-refractivity contribution >= 4 is 44.1 Å². The minimum absolute atomic E-state index is 0.111. The summed E-state index contributed by atoms with van der Waals surface area (Å²) in [5.41, 5.74) is 23.4. The van der Waals surface area contributed by atoms with E-state index in [0.29, 0.717) is 5.84 Å². The Balaban J connectivity index is 1.15. The summed E-state index contributed by atoms with van der Waals surface area (Å²) < 4.78 is 2.39. The van der Waals surface area contributed by atoms with Gasteiger partial charge in [-0.25, -0.2) is 4.99 Å². The van der Waals surface area contributed by atoms with Gasteiger partial charge in [-0.2, -0.15) is 0 Å². The first-order valence-electron chi connectivity index (χ1n) is 19.8. The smallest absolute Gasteiger partial charge is 0.131 e. The molecular weight excluding hydrogens is 691 g/mol. The van der Waals surface area contributed by atoms with Gasteiger partial charge in [0, 0.05) is 33.0 Å². The largest absolute Gasteiger partial charge is 0.383 e. The number of rotatable bonds is 7. The van der Waals surface area contributed by atoms with E-state index in [4.69, 9.17) is 10.7 Å². The zero-order valence-electron chi connectivity index (χ0n) is 32.5. The van der Waals surface area contributed by atoms with Crippen LogP contribution in [0.4, 0.5) is 0 Å². The number of hydrogen-bond donors (Lipinski definition) is 1. The van der Waals surface area contributed by atoms with E-state index in [1.165, 1.54) is 66.1 Å². The maximum atomic E-state index is 6.86. The van der Waals surface area contributed by atoms with Crippen molar-refractivity contribution < 1.29 is 0 Å². The van der Waals surface area contributed by atoms with Crippen molar-refractivity contribution in [2.45, 2.75) is 32.6 Å². The molecule has 274 valence electrons. The second kappa shape index (κ2) is 13.6. The van der Waals surface area contributed by atoms with E-state index in [-0.39, 0.29) is 5.41 Å². The Morgan fingerprint density at radius 3 is 2.05 bits per heavy atom. The minimum Gasteiger partial charge on any atom is -0.383 e. The van der Waals surface area contributed by atoms with Crippen LogP contribution >= 0.6 is 0 Å². The third kappa shape index (κ3) is 5.69. The predicted octanol–water partition coefficient (Wildman–Crippen LogP) is 13.2. The molecule has 0 saturated carbocycles. The maximum absolute atomic E-state index is 6.86. The van der Waals surface area contributed by atoms with E-state index in [0.717, 1.165) is 39.9 Å². The van der Waals surface area contributed by atoms with Crippen molar-refractivity contribution in [2.75, 3.05) is 0 Å². The number of fused-ring (bicyclic) bond motifs is 7. The van der Waals surface area contributed by atoms with Crippen LogP contribution in [-0.2, 0) is 11.8 Å². The normalized spacial score (nSPS) is 13.7. The van der Waals surface area contributed by atoms with Gasteiger partial charge in [0.05, 0.1) is 16.7 Å². The Labute approximate surface area is 334 Å². The molecule has 0 unspecified atom stereocenters. The second-order valence-electron chi connectivity index (χ2n) is 15.7. The van der Waals surface area contributed by atoms with E-state index in [2.05, 4.69) is 177 Å². The van der Waals surface area contributed by atoms with Crippen LogP contribution in [0.25, 0.3) is 66.2 Å². The van der Waals surface area contributed by atoms with Crippen molar-refractivity contribution in [3.63, 3.8) is 0 Å². The Morgan fingerprint density at radius 1 is 0.596 bits per heavy atom. The molecule has 1 heterocycles. The molecule has 0 atom stereocenters. The molecule has 0 saturated heterocycles. The van der Waals surface area contributed by atoms with Crippen LogP contribution in [0, 0.1) is 6.92 Å². The van der Waals surface area contributed by atoms with E-state index >= 15 is 0 Å². The van der Waals surface area contributed by atoms with Crippen molar-refractivity contribution in [3.05, 3.63) is 215 Å². The van der Waals surface area contributed by atoms with Crippen LogP contribution in [0.2, 0.25) is 0 Å². The van der Waals surface area contributed by atoms with Crippen LogP contribution in [0.1, 0.15) is 47.2 Å². The number of amidine groups is 1. The lowest BCUT2D eigenvalue weighted by Crippen LogP contribution is -2.17. The Bertz CT molecular complexity index is 3070. The highest BCUT2D eigenvalue weighted by Gasteiger charge is 2.36. The van der Waals surface area contributed by atoms with Crippen LogP contribution in [-0.4, -0.2) is 10.4 Å². The quantitative estimate of drug-likeness (QED) is 0.129. The number of nitrogens with two attached hydrogens (primary N) is 1. The summed E-state index contributed by atoms with van der Waals surface area (Å²) >= 11 is 0. The van der Waals surface area contributed by atoms with Crippen molar-refractivity contribution in [2.24, 2.45) is 10.7 Å². The number of aliphatic imine (C=N–C) groups is 1. The summed E-state index contributed by atoms with van der Waals surface area (Å²) in [7, 11) is 0. The highest BCUT2D eigenvalue weighted by Crippen LogP contribution is 2.50. The van der Waals surface area contributed by atoms with Gasteiger partial charge in [0.15, 0.2) is 0 Å². The zero-order chi connectivity index (χ0) is 38.7. The fraction of sp³-hybridized carbons (Fsp3) is 0.0926.